The van der Waals surface area contributed by atoms with Crippen molar-refractivity contribution in [1.29, 1.82) is 5.26 Å². The third-order valence-corrected chi connectivity index (χ3v) is 5.41. The Morgan fingerprint density at radius 1 is 1.12 bits per heavy atom. The van der Waals surface area contributed by atoms with Crippen LogP contribution in [0.3, 0.4) is 0 Å². The summed E-state index contributed by atoms with van der Waals surface area (Å²) in [6, 6.07) is 20.5. The van der Waals surface area contributed by atoms with E-state index in [4.69, 9.17) is 9.47 Å². The molecule has 0 heterocycles. The molecule has 0 aliphatic carbocycles. The molecule has 172 valence electrons. The lowest BCUT2D eigenvalue weighted by Crippen LogP contribution is -2.23. The van der Waals surface area contributed by atoms with Gasteiger partial charge in [0, 0.05) is 18.7 Å². The van der Waals surface area contributed by atoms with Gasteiger partial charge in [-0.05, 0) is 75.1 Å². The normalized spacial score (nSPS) is 10.8. The molecule has 0 atom stereocenters. The average Bonchev–Trinajstić information content (AvgIpc) is 2.85. The molecule has 3 aromatic carbocycles. The van der Waals surface area contributed by atoms with Crippen LogP contribution < -0.4 is 14.8 Å². The Morgan fingerprint density at radius 2 is 1.79 bits per heavy atom. The fourth-order valence-corrected chi connectivity index (χ4v) is 3.45. The lowest BCUT2D eigenvalue weighted by atomic mass is 10.1. The van der Waals surface area contributed by atoms with Crippen molar-refractivity contribution in [2.75, 3.05) is 7.11 Å². The smallest absolute Gasteiger partial charge is 0.269 e. The van der Waals surface area contributed by atoms with Gasteiger partial charge in [-0.1, -0.05) is 18.2 Å². The van der Waals surface area contributed by atoms with Crippen LogP contribution in [0.5, 0.6) is 11.5 Å². The number of hydrogen-bond acceptors (Lipinski definition) is 6. The molecule has 0 aliphatic rings. The molecule has 0 saturated carbocycles. The molecule has 3 rings (SSSR count). The molecule has 0 unspecified atom stereocenters. The summed E-state index contributed by atoms with van der Waals surface area (Å²) in [6.45, 7) is 0.504. The first-order chi connectivity index (χ1) is 16.4. The fraction of sp³-hybridized carbons (Fsp3) is 0.120. The highest BCUT2D eigenvalue weighted by Gasteiger charge is 2.11. The number of nitriles is 1. The number of nitrogens with one attached hydrogen (secondary N) is 1. The third kappa shape index (κ3) is 6.67. The monoisotopic (exact) mass is 521 g/mol. The molecule has 0 aliphatic heterocycles. The number of nitro groups is 1. The molecule has 8 nitrogen and oxygen atoms in total. The van der Waals surface area contributed by atoms with Crippen molar-refractivity contribution in [3.05, 3.63) is 104 Å². The average molecular weight is 522 g/mol. The number of carbonyl (C=O) groups is 1. The first-order valence-electron chi connectivity index (χ1n) is 10.1. The summed E-state index contributed by atoms with van der Waals surface area (Å²) in [5, 5.41) is 22.9. The predicted octanol–water partition coefficient (Wildman–Crippen LogP) is 5.17. The van der Waals surface area contributed by atoms with Crippen LogP contribution in [0.25, 0.3) is 6.08 Å². The van der Waals surface area contributed by atoms with Gasteiger partial charge in [-0.15, -0.1) is 0 Å². The summed E-state index contributed by atoms with van der Waals surface area (Å²) in [7, 11) is 1.58. The number of ether oxygens (including phenoxy) is 2. The van der Waals surface area contributed by atoms with E-state index < -0.39 is 10.8 Å². The van der Waals surface area contributed by atoms with Crippen LogP contribution in [0.2, 0.25) is 0 Å². The number of non-ortho nitro benzene ring substituents is 1. The Labute approximate surface area is 204 Å². The van der Waals surface area contributed by atoms with E-state index in [9.17, 15) is 20.2 Å². The van der Waals surface area contributed by atoms with E-state index in [0.717, 1.165) is 16.9 Å². The molecule has 1 N–H and O–H groups in total. The van der Waals surface area contributed by atoms with E-state index in [1.54, 1.807) is 49.6 Å². The number of nitro benzene ring substituents is 1. The van der Waals surface area contributed by atoms with Crippen LogP contribution in [0.4, 0.5) is 5.69 Å². The first-order valence-corrected chi connectivity index (χ1v) is 10.9. The Balaban J connectivity index is 1.62. The Morgan fingerprint density at radius 3 is 2.38 bits per heavy atom. The van der Waals surface area contributed by atoms with Crippen LogP contribution >= 0.6 is 15.9 Å². The van der Waals surface area contributed by atoms with Gasteiger partial charge in [0.15, 0.2) is 0 Å². The van der Waals surface area contributed by atoms with Gasteiger partial charge in [0.2, 0.25) is 0 Å². The molecule has 0 radical (unpaired) electrons. The number of carbonyl (C=O) groups excluding carboxylic acids is 1. The Kier molecular flexibility index (Phi) is 8.37. The number of methoxy groups -OCH3 is 1. The SMILES string of the molecule is COc1ccc(CNC(=O)/C(C#N)=C\c2ccc(OCc3ccc([N+](=O)[O-])cc3)c(Br)c2)cc1. The van der Waals surface area contributed by atoms with E-state index in [1.165, 1.54) is 18.2 Å². The molecule has 0 bridgehead atoms. The zero-order valence-corrected chi connectivity index (χ0v) is 19.7. The summed E-state index contributed by atoms with van der Waals surface area (Å²) < 4.78 is 11.5. The topological polar surface area (TPSA) is 114 Å². The summed E-state index contributed by atoms with van der Waals surface area (Å²) in [5.74, 6) is 0.796. The van der Waals surface area contributed by atoms with Gasteiger partial charge in [-0.25, -0.2) is 0 Å². The second kappa shape index (κ2) is 11.6. The second-order valence-electron chi connectivity index (χ2n) is 7.10. The summed E-state index contributed by atoms with van der Waals surface area (Å²) >= 11 is 3.44. The summed E-state index contributed by atoms with van der Waals surface area (Å²) in [6.07, 6.45) is 1.49. The molecular formula is C25H20BrN3O5. The van der Waals surface area contributed by atoms with Crippen molar-refractivity contribution in [3.63, 3.8) is 0 Å². The van der Waals surface area contributed by atoms with Gasteiger partial charge in [0.05, 0.1) is 16.5 Å². The summed E-state index contributed by atoms with van der Waals surface area (Å²) in [5.41, 5.74) is 2.29. The fourth-order valence-electron chi connectivity index (χ4n) is 2.94. The number of hydrogen-bond donors (Lipinski definition) is 1. The minimum atomic E-state index is -0.479. The molecule has 1 amide bonds. The van der Waals surface area contributed by atoms with Crippen molar-refractivity contribution in [2.24, 2.45) is 0 Å². The number of rotatable bonds is 9. The van der Waals surface area contributed by atoms with Gasteiger partial charge in [0.25, 0.3) is 11.6 Å². The maximum atomic E-state index is 12.4. The quantitative estimate of drug-likeness (QED) is 0.180. The molecule has 3 aromatic rings. The van der Waals surface area contributed by atoms with Crippen molar-refractivity contribution < 1.29 is 19.2 Å². The molecule has 0 saturated heterocycles. The zero-order valence-electron chi connectivity index (χ0n) is 18.2. The van der Waals surface area contributed by atoms with E-state index in [0.29, 0.717) is 15.8 Å². The number of halogens is 1. The Hall–Kier alpha value is -4.16. The predicted molar refractivity (Wildman–Crippen MR) is 130 cm³/mol. The molecular weight excluding hydrogens is 502 g/mol. The van der Waals surface area contributed by atoms with Gasteiger partial charge < -0.3 is 14.8 Å². The van der Waals surface area contributed by atoms with E-state index in [2.05, 4.69) is 21.2 Å². The highest BCUT2D eigenvalue weighted by Crippen LogP contribution is 2.28. The van der Waals surface area contributed by atoms with Crippen LogP contribution in [0, 0.1) is 21.4 Å². The van der Waals surface area contributed by atoms with Crippen molar-refractivity contribution >= 4 is 33.6 Å². The number of benzene rings is 3. The van der Waals surface area contributed by atoms with E-state index in [-0.39, 0.29) is 24.4 Å². The molecule has 0 aromatic heterocycles. The minimum absolute atomic E-state index is 0.0161. The van der Waals surface area contributed by atoms with Gasteiger partial charge >= 0.3 is 0 Å². The van der Waals surface area contributed by atoms with Crippen LogP contribution in [0.15, 0.2) is 76.8 Å². The van der Waals surface area contributed by atoms with E-state index >= 15 is 0 Å². The lowest BCUT2D eigenvalue weighted by molar-refractivity contribution is -0.384. The van der Waals surface area contributed by atoms with Crippen LogP contribution in [0.1, 0.15) is 16.7 Å². The van der Waals surface area contributed by atoms with Crippen molar-refractivity contribution in [2.45, 2.75) is 13.2 Å². The number of nitrogens with zero attached hydrogens (tertiary/aromatic N) is 2. The van der Waals surface area contributed by atoms with E-state index in [1.807, 2.05) is 18.2 Å². The number of amides is 1. The highest BCUT2D eigenvalue weighted by molar-refractivity contribution is 9.10. The second-order valence-corrected chi connectivity index (χ2v) is 7.96. The van der Waals surface area contributed by atoms with Crippen LogP contribution in [-0.2, 0) is 17.9 Å². The van der Waals surface area contributed by atoms with Gasteiger partial charge in [-0.3, -0.25) is 14.9 Å². The molecule has 0 fully saturated rings. The Bertz CT molecular complexity index is 1250. The molecule has 0 spiro atoms. The zero-order chi connectivity index (χ0) is 24.5. The van der Waals surface area contributed by atoms with Crippen molar-refractivity contribution in [1.82, 2.24) is 5.32 Å². The standard InChI is InChI=1S/C25H20BrN3O5/c1-33-22-9-4-17(5-10-22)15-28-25(30)20(14-27)12-19-6-11-24(23(26)13-19)34-16-18-2-7-21(8-3-18)29(31)32/h2-13H,15-16H2,1H3,(H,28,30)/b20-12-. The maximum Gasteiger partial charge on any atom is 0.269 e. The van der Waals surface area contributed by atoms with Crippen molar-refractivity contribution in [3.8, 4) is 17.6 Å². The highest BCUT2D eigenvalue weighted by atomic mass is 79.9. The van der Waals surface area contributed by atoms with Crippen LogP contribution in [-0.4, -0.2) is 17.9 Å². The van der Waals surface area contributed by atoms with Gasteiger partial charge in [0.1, 0.15) is 29.7 Å². The largest absolute Gasteiger partial charge is 0.497 e. The molecule has 34 heavy (non-hydrogen) atoms. The summed E-state index contributed by atoms with van der Waals surface area (Å²) in [4.78, 5) is 22.7. The first kappa shape index (κ1) is 24.5. The maximum absolute atomic E-state index is 12.4. The molecule has 9 heteroatoms. The third-order valence-electron chi connectivity index (χ3n) is 4.79. The van der Waals surface area contributed by atoms with Gasteiger partial charge in [-0.2, -0.15) is 5.26 Å². The minimum Gasteiger partial charge on any atom is -0.497 e. The lowest BCUT2D eigenvalue weighted by Gasteiger charge is -2.09.